The summed E-state index contributed by atoms with van der Waals surface area (Å²) in [4.78, 5) is 37.9. The number of carbonyl (C=O) groups is 3. The van der Waals surface area contributed by atoms with Crippen LogP contribution in [0.3, 0.4) is 0 Å². The minimum absolute atomic E-state index is 0.150. The third-order valence-corrected chi connectivity index (χ3v) is 6.08. The van der Waals surface area contributed by atoms with E-state index in [0.717, 1.165) is 36.5 Å². The standard InChI is InChI=1S/C21H24N6O3/c28-19-4-3-17(20(29)24-19)26-12-14-9-13(1-2-16(14)21(26)30)10-23-18-6-8-27(25-18)15-5-7-22-11-15/h1-2,6,8-9,15,17,22H,3-5,7,10-12H2,(H,23,25)(H,24,28,29). The number of benzene rings is 1. The van der Waals surface area contributed by atoms with Gasteiger partial charge in [0.05, 0.1) is 6.04 Å². The zero-order valence-corrected chi connectivity index (χ0v) is 16.6. The van der Waals surface area contributed by atoms with E-state index in [1.54, 1.807) is 4.90 Å². The Morgan fingerprint density at radius 3 is 2.87 bits per heavy atom. The number of carbonyl (C=O) groups excluding carboxylic acids is 3. The first-order valence-corrected chi connectivity index (χ1v) is 10.3. The minimum atomic E-state index is -0.585. The first-order valence-electron chi connectivity index (χ1n) is 10.3. The van der Waals surface area contributed by atoms with Gasteiger partial charge in [-0.15, -0.1) is 0 Å². The summed E-state index contributed by atoms with van der Waals surface area (Å²) in [5.74, 6) is 0.00863. The molecule has 2 aromatic rings. The van der Waals surface area contributed by atoms with Gasteiger partial charge in [-0.05, 0) is 36.6 Å². The lowest BCUT2D eigenvalue weighted by molar-refractivity contribution is -0.136. The normalized spacial score (nSPS) is 23.6. The fourth-order valence-corrected chi connectivity index (χ4v) is 4.43. The molecule has 0 saturated carbocycles. The number of nitrogens with one attached hydrogen (secondary N) is 3. The van der Waals surface area contributed by atoms with Crippen LogP contribution in [-0.4, -0.2) is 51.5 Å². The number of anilines is 1. The van der Waals surface area contributed by atoms with Gasteiger partial charge in [0.15, 0.2) is 0 Å². The van der Waals surface area contributed by atoms with E-state index < -0.39 is 6.04 Å². The summed E-state index contributed by atoms with van der Waals surface area (Å²) in [6, 6.07) is 7.55. The molecular formula is C21H24N6O3. The highest BCUT2D eigenvalue weighted by Crippen LogP contribution is 2.28. The van der Waals surface area contributed by atoms with Gasteiger partial charge in [-0.25, -0.2) is 0 Å². The van der Waals surface area contributed by atoms with Crippen LogP contribution in [0.25, 0.3) is 0 Å². The summed E-state index contributed by atoms with van der Waals surface area (Å²) in [6.45, 7) is 2.96. The van der Waals surface area contributed by atoms with Crippen LogP contribution in [0, 0.1) is 0 Å². The predicted molar refractivity (Wildman–Crippen MR) is 109 cm³/mol. The van der Waals surface area contributed by atoms with Gasteiger partial charge in [-0.1, -0.05) is 12.1 Å². The van der Waals surface area contributed by atoms with Gasteiger partial charge in [0, 0.05) is 43.9 Å². The highest BCUT2D eigenvalue weighted by molar-refractivity contribution is 6.05. The molecule has 30 heavy (non-hydrogen) atoms. The van der Waals surface area contributed by atoms with Crippen LogP contribution in [0.1, 0.15) is 46.8 Å². The summed E-state index contributed by atoms with van der Waals surface area (Å²) in [6.07, 6.45) is 3.72. The van der Waals surface area contributed by atoms with Gasteiger partial charge in [0.25, 0.3) is 5.91 Å². The van der Waals surface area contributed by atoms with Crippen LogP contribution >= 0.6 is 0 Å². The van der Waals surface area contributed by atoms with Gasteiger partial charge in [0.2, 0.25) is 11.8 Å². The minimum Gasteiger partial charge on any atom is -0.365 e. The van der Waals surface area contributed by atoms with Crippen molar-refractivity contribution < 1.29 is 14.4 Å². The van der Waals surface area contributed by atoms with Crippen molar-refractivity contribution >= 4 is 23.5 Å². The Kier molecular flexibility index (Phi) is 4.74. The quantitative estimate of drug-likeness (QED) is 0.632. The second kappa shape index (κ2) is 7.56. The molecule has 5 rings (SSSR count). The zero-order valence-electron chi connectivity index (χ0n) is 16.6. The number of aromatic nitrogens is 2. The van der Waals surface area contributed by atoms with Crippen molar-refractivity contribution in [3.05, 3.63) is 47.2 Å². The van der Waals surface area contributed by atoms with Crippen molar-refractivity contribution in [1.82, 2.24) is 25.3 Å². The molecule has 9 heteroatoms. The Balaban J connectivity index is 1.24. The number of hydrogen-bond acceptors (Lipinski definition) is 6. The van der Waals surface area contributed by atoms with Crippen molar-refractivity contribution in [3.8, 4) is 0 Å². The summed E-state index contributed by atoms with van der Waals surface area (Å²) in [5.41, 5.74) is 2.58. The lowest BCUT2D eigenvalue weighted by Crippen LogP contribution is -2.52. The largest absolute Gasteiger partial charge is 0.365 e. The fourth-order valence-electron chi connectivity index (χ4n) is 4.43. The number of rotatable bonds is 5. The van der Waals surface area contributed by atoms with Crippen molar-refractivity contribution in [2.75, 3.05) is 18.4 Å². The zero-order chi connectivity index (χ0) is 20.7. The molecule has 1 aromatic carbocycles. The van der Waals surface area contributed by atoms with Crippen molar-refractivity contribution in [1.29, 1.82) is 0 Å². The molecule has 2 saturated heterocycles. The second-order valence-electron chi connectivity index (χ2n) is 8.07. The topological polar surface area (TPSA) is 108 Å². The Bertz CT molecular complexity index is 1010. The maximum atomic E-state index is 12.8. The molecule has 3 aliphatic heterocycles. The third kappa shape index (κ3) is 3.45. The van der Waals surface area contributed by atoms with Gasteiger partial charge in [0.1, 0.15) is 11.9 Å². The molecule has 2 unspecified atom stereocenters. The highest BCUT2D eigenvalue weighted by Gasteiger charge is 2.39. The molecule has 9 nitrogen and oxygen atoms in total. The maximum Gasteiger partial charge on any atom is 0.255 e. The monoisotopic (exact) mass is 408 g/mol. The molecule has 0 radical (unpaired) electrons. The Morgan fingerprint density at radius 1 is 1.17 bits per heavy atom. The van der Waals surface area contributed by atoms with E-state index in [4.69, 9.17) is 0 Å². The van der Waals surface area contributed by atoms with Crippen LogP contribution in [-0.2, 0) is 22.7 Å². The molecule has 3 N–H and O–H groups in total. The van der Waals surface area contributed by atoms with Gasteiger partial charge in [-0.2, -0.15) is 5.10 Å². The average Bonchev–Trinajstić information content (AvgIpc) is 3.47. The average molecular weight is 408 g/mol. The van der Waals surface area contributed by atoms with Crippen LogP contribution < -0.4 is 16.0 Å². The number of piperidine rings is 1. The van der Waals surface area contributed by atoms with E-state index in [1.165, 1.54) is 0 Å². The molecule has 4 heterocycles. The smallest absolute Gasteiger partial charge is 0.255 e. The summed E-state index contributed by atoms with van der Waals surface area (Å²) >= 11 is 0. The molecule has 3 amide bonds. The van der Waals surface area contributed by atoms with Crippen LogP contribution in [0.2, 0.25) is 0 Å². The van der Waals surface area contributed by atoms with E-state index in [0.29, 0.717) is 31.1 Å². The van der Waals surface area contributed by atoms with Crippen LogP contribution in [0.15, 0.2) is 30.5 Å². The van der Waals surface area contributed by atoms with Crippen LogP contribution in [0.5, 0.6) is 0 Å². The molecule has 1 aromatic heterocycles. The molecule has 0 spiro atoms. The number of imide groups is 1. The fraction of sp³-hybridized carbons (Fsp3) is 0.429. The SMILES string of the molecule is O=C1CCC(N2Cc3cc(CNc4ccn(C5CCNC5)n4)ccc3C2=O)C(=O)N1. The van der Waals surface area contributed by atoms with Crippen LogP contribution in [0.4, 0.5) is 5.82 Å². The number of amides is 3. The third-order valence-electron chi connectivity index (χ3n) is 6.08. The molecule has 2 atom stereocenters. The van der Waals surface area contributed by atoms with Gasteiger partial charge < -0.3 is 15.5 Å². The maximum absolute atomic E-state index is 12.8. The van der Waals surface area contributed by atoms with Gasteiger partial charge >= 0.3 is 0 Å². The molecule has 156 valence electrons. The molecule has 3 aliphatic rings. The first kappa shape index (κ1) is 18.8. The molecule has 0 bridgehead atoms. The number of nitrogens with zero attached hydrogens (tertiary/aromatic N) is 3. The molecule has 2 fully saturated rings. The van der Waals surface area contributed by atoms with Gasteiger partial charge in [-0.3, -0.25) is 24.4 Å². The number of hydrogen-bond donors (Lipinski definition) is 3. The van der Waals surface area contributed by atoms with E-state index in [9.17, 15) is 14.4 Å². The first-order chi connectivity index (χ1) is 14.6. The lowest BCUT2D eigenvalue weighted by Gasteiger charge is -2.29. The molecule has 0 aliphatic carbocycles. The number of fused-ring (bicyclic) bond motifs is 1. The molecular weight excluding hydrogens is 384 g/mol. The Hall–Kier alpha value is -3.20. The highest BCUT2D eigenvalue weighted by atomic mass is 16.2. The predicted octanol–water partition coefficient (Wildman–Crippen LogP) is 0.791. The summed E-state index contributed by atoms with van der Waals surface area (Å²) in [5, 5.41) is 13.6. The Morgan fingerprint density at radius 2 is 2.07 bits per heavy atom. The summed E-state index contributed by atoms with van der Waals surface area (Å²) in [7, 11) is 0. The van der Waals surface area contributed by atoms with E-state index >= 15 is 0 Å². The van der Waals surface area contributed by atoms with Crippen molar-refractivity contribution in [2.45, 2.75) is 44.4 Å². The lowest BCUT2D eigenvalue weighted by atomic mass is 10.0. The van der Waals surface area contributed by atoms with E-state index in [1.807, 2.05) is 35.1 Å². The summed E-state index contributed by atoms with van der Waals surface area (Å²) < 4.78 is 2.00. The van der Waals surface area contributed by atoms with Crippen molar-refractivity contribution in [3.63, 3.8) is 0 Å². The second-order valence-corrected chi connectivity index (χ2v) is 8.07. The van der Waals surface area contributed by atoms with E-state index in [2.05, 4.69) is 21.0 Å². The van der Waals surface area contributed by atoms with E-state index in [-0.39, 0.29) is 24.1 Å². The Labute approximate surface area is 173 Å². The van der Waals surface area contributed by atoms with Crippen molar-refractivity contribution in [2.24, 2.45) is 0 Å².